The van der Waals surface area contributed by atoms with E-state index in [4.69, 9.17) is 13.9 Å². The van der Waals surface area contributed by atoms with Crippen molar-refractivity contribution in [1.82, 2.24) is 0 Å². The molecule has 0 saturated carbocycles. The second-order valence-electron chi connectivity index (χ2n) is 5.01. The zero-order valence-corrected chi connectivity index (χ0v) is 11.6. The molecule has 0 aliphatic carbocycles. The summed E-state index contributed by atoms with van der Waals surface area (Å²) in [6.45, 7) is 0.0915. The lowest BCUT2D eigenvalue weighted by Gasteiger charge is -2.08. The molecule has 0 bridgehead atoms. The van der Waals surface area contributed by atoms with Crippen molar-refractivity contribution in [1.29, 1.82) is 0 Å². The molecule has 0 radical (unpaired) electrons. The van der Waals surface area contributed by atoms with Crippen molar-refractivity contribution in [2.45, 2.75) is 0 Å². The highest BCUT2D eigenvalue weighted by atomic mass is 16.7. The maximum absolute atomic E-state index is 12.3. The van der Waals surface area contributed by atoms with Crippen LogP contribution in [0.25, 0.3) is 22.3 Å². The normalized spacial score (nSPS) is 12.7. The number of phenolic OH excluding ortho intramolecular Hbond substituents is 2. The van der Waals surface area contributed by atoms with Crippen LogP contribution in [0.5, 0.6) is 28.7 Å². The third kappa shape index (κ3) is 1.94. The van der Waals surface area contributed by atoms with E-state index in [1.807, 2.05) is 0 Å². The Morgan fingerprint density at radius 3 is 2.57 bits per heavy atom. The van der Waals surface area contributed by atoms with E-state index in [2.05, 4.69) is 0 Å². The molecule has 1 aliphatic rings. The molecule has 0 amide bonds. The van der Waals surface area contributed by atoms with Crippen molar-refractivity contribution < 1.29 is 29.2 Å². The standard InChI is InChI=1S/C16H10O7/c17-8-4-9(18)13-12(5-8)23-16(15(20)14(13)19)7-1-2-10-11(3-7)22-6-21-10/h1-5,17-18,20H,6H2. The highest BCUT2D eigenvalue weighted by Gasteiger charge is 2.21. The van der Waals surface area contributed by atoms with Crippen LogP contribution in [0.2, 0.25) is 0 Å². The zero-order valence-electron chi connectivity index (χ0n) is 11.6. The minimum absolute atomic E-state index is 0.0435. The first-order chi connectivity index (χ1) is 11.0. The third-order valence-electron chi connectivity index (χ3n) is 3.57. The van der Waals surface area contributed by atoms with Crippen molar-refractivity contribution in [3.63, 3.8) is 0 Å². The molecule has 1 aromatic heterocycles. The van der Waals surface area contributed by atoms with E-state index in [-0.39, 0.29) is 29.3 Å². The van der Waals surface area contributed by atoms with Crippen LogP contribution in [-0.2, 0) is 0 Å². The lowest BCUT2D eigenvalue weighted by atomic mass is 10.1. The molecular formula is C16H10O7. The minimum Gasteiger partial charge on any atom is -0.508 e. The molecule has 7 nitrogen and oxygen atoms in total. The third-order valence-corrected chi connectivity index (χ3v) is 3.57. The van der Waals surface area contributed by atoms with Crippen LogP contribution < -0.4 is 14.9 Å². The van der Waals surface area contributed by atoms with E-state index in [1.165, 1.54) is 6.07 Å². The molecule has 0 saturated heterocycles. The Hall–Kier alpha value is -3.35. The number of ether oxygens (including phenoxy) is 2. The Morgan fingerprint density at radius 2 is 1.74 bits per heavy atom. The van der Waals surface area contributed by atoms with Gasteiger partial charge in [-0.15, -0.1) is 0 Å². The summed E-state index contributed by atoms with van der Waals surface area (Å²) in [6.07, 6.45) is 0. The monoisotopic (exact) mass is 314 g/mol. The average Bonchev–Trinajstić information content (AvgIpc) is 2.97. The fourth-order valence-electron chi connectivity index (χ4n) is 2.51. The molecule has 0 fully saturated rings. The largest absolute Gasteiger partial charge is 0.508 e. The summed E-state index contributed by atoms with van der Waals surface area (Å²) in [5, 5.41) is 29.3. The summed E-state index contributed by atoms with van der Waals surface area (Å²) in [7, 11) is 0. The van der Waals surface area contributed by atoms with E-state index in [0.29, 0.717) is 17.1 Å². The quantitative estimate of drug-likeness (QED) is 0.632. The van der Waals surface area contributed by atoms with Crippen molar-refractivity contribution >= 4 is 11.0 Å². The molecule has 116 valence electrons. The van der Waals surface area contributed by atoms with E-state index in [9.17, 15) is 20.1 Å². The van der Waals surface area contributed by atoms with Gasteiger partial charge in [0.1, 0.15) is 22.5 Å². The number of hydrogen-bond acceptors (Lipinski definition) is 7. The molecule has 3 aromatic rings. The van der Waals surface area contributed by atoms with Gasteiger partial charge in [-0.3, -0.25) is 4.79 Å². The molecule has 0 unspecified atom stereocenters. The van der Waals surface area contributed by atoms with Gasteiger partial charge in [-0.25, -0.2) is 0 Å². The number of benzene rings is 2. The van der Waals surface area contributed by atoms with Gasteiger partial charge in [-0.05, 0) is 18.2 Å². The number of phenols is 2. The summed E-state index contributed by atoms with van der Waals surface area (Å²) < 4.78 is 16.0. The number of fused-ring (bicyclic) bond motifs is 2. The SMILES string of the molecule is O=c1c(O)c(-c2ccc3c(c2)OCO3)oc2cc(O)cc(O)c12. The fraction of sp³-hybridized carbons (Fsp3) is 0.0625. The molecular weight excluding hydrogens is 304 g/mol. The van der Waals surface area contributed by atoms with Gasteiger partial charge in [-0.2, -0.15) is 0 Å². The van der Waals surface area contributed by atoms with Crippen LogP contribution in [0, 0.1) is 0 Å². The lowest BCUT2D eigenvalue weighted by Crippen LogP contribution is -2.03. The Labute approximate surface area is 128 Å². The van der Waals surface area contributed by atoms with Gasteiger partial charge in [0, 0.05) is 17.7 Å². The van der Waals surface area contributed by atoms with Crippen molar-refractivity contribution in [2.24, 2.45) is 0 Å². The molecule has 3 N–H and O–H groups in total. The van der Waals surface area contributed by atoms with Crippen molar-refractivity contribution in [3.8, 4) is 40.1 Å². The fourth-order valence-corrected chi connectivity index (χ4v) is 2.51. The first-order valence-corrected chi connectivity index (χ1v) is 6.66. The Balaban J connectivity index is 2.01. The zero-order chi connectivity index (χ0) is 16.1. The first-order valence-electron chi connectivity index (χ1n) is 6.66. The summed E-state index contributed by atoms with van der Waals surface area (Å²) in [5.74, 6) is -0.458. The van der Waals surface area contributed by atoms with Gasteiger partial charge in [0.05, 0.1) is 0 Å². The number of aromatic hydroxyl groups is 3. The van der Waals surface area contributed by atoms with Crippen LogP contribution in [0.4, 0.5) is 0 Å². The molecule has 23 heavy (non-hydrogen) atoms. The predicted molar refractivity (Wildman–Crippen MR) is 79.0 cm³/mol. The molecule has 1 aliphatic heterocycles. The smallest absolute Gasteiger partial charge is 0.238 e. The van der Waals surface area contributed by atoms with E-state index >= 15 is 0 Å². The van der Waals surface area contributed by atoms with Crippen LogP contribution in [0.1, 0.15) is 0 Å². The second kappa shape index (κ2) is 4.57. The topological polar surface area (TPSA) is 109 Å². The van der Waals surface area contributed by atoms with Gasteiger partial charge in [0.2, 0.25) is 18.0 Å². The van der Waals surface area contributed by atoms with Crippen LogP contribution in [-0.4, -0.2) is 22.1 Å². The maximum atomic E-state index is 12.3. The van der Waals surface area contributed by atoms with Crippen LogP contribution in [0.15, 0.2) is 39.5 Å². The molecule has 0 atom stereocenters. The van der Waals surface area contributed by atoms with Gasteiger partial charge < -0.3 is 29.2 Å². The van der Waals surface area contributed by atoms with Crippen molar-refractivity contribution in [3.05, 3.63) is 40.6 Å². The van der Waals surface area contributed by atoms with Crippen LogP contribution in [0.3, 0.4) is 0 Å². The Bertz CT molecular complexity index is 1000. The van der Waals surface area contributed by atoms with E-state index in [1.54, 1.807) is 18.2 Å². The van der Waals surface area contributed by atoms with Crippen LogP contribution >= 0.6 is 0 Å². The molecule has 2 heterocycles. The molecule has 7 heteroatoms. The van der Waals surface area contributed by atoms with Gasteiger partial charge in [0.25, 0.3) is 0 Å². The maximum Gasteiger partial charge on any atom is 0.238 e. The second-order valence-corrected chi connectivity index (χ2v) is 5.01. The summed E-state index contributed by atoms with van der Waals surface area (Å²) >= 11 is 0. The first kappa shape index (κ1) is 13.3. The summed E-state index contributed by atoms with van der Waals surface area (Å²) in [5.41, 5.74) is -0.442. The summed E-state index contributed by atoms with van der Waals surface area (Å²) in [6, 6.07) is 6.97. The van der Waals surface area contributed by atoms with Gasteiger partial charge in [-0.1, -0.05) is 0 Å². The average molecular weight is 314 g/mol. The molecule has 2 aromatic carbocycles. The summed E-state index contributed by atoms with van der Waals surface area (Å²) in [4.78, 5) is 12.3. The van der Waals surface area contributed by atoms with E-state index < -0.39 is 16.9 Å². The predicted octanol–water partition coefficient (Wildman–Crippen LogP) is 2.31. The van der Waals surface area contributed by atoms with Gasteiger partial charge in [0.15, 0.2) is 17.3 Å². The highest BCUT2D eigenvalue weighted by Crippen LogP contribution is 2.39. The Morgan fingerprint density at radius 1 is 0.957 bits per heavy atom. The van der Waals surface area contributed by atoms with Gasteiger partial charge >= 0.3 is 0 Å². The number of hydrogen-bond donors (Lipinski definition) is 3. The molecule has 0 spiro atoms. The van der Waals surface area contributed by atoms with E-state index in [0.717, 1.165) is 6.07 Å². The molecule has 4 rings (SSSR count). The Kier molecular flexibility index (Phi) is 2.65. The lowest BCUT2D eigenvalue weighted by molar-refractivity contribution is 0.174. The number of rotatable bonds is 1. The van der Waals surface area contributed by atoms with Crippen molar-refractivity contribution in [2.75, 3.05) is 6.79 Å². The minimum atomic E-state index is -0.795. The highest BCUT2D eigenvalue weighted by molar-refractivity contribution is 5.88.